The maximum absolute atomic E-state index is 13.9. The Labute approximate surface area is 120 Å². The number of rotatable bonds is 2. The van der Waals surface area contributed by atoms with Gasteiger partial charge in [0.1, 0.15) is 5.82 Å². The minimum absolute atomic E-state index is 0.0880. The maximum atomic E-state index is 13.9. The van der Waals surface area contributed by atoms with Crippen molar-refractivity contribution < 1.29 is 4.39 Å². The SMILES string of the molecule is Cc1cc(C)c(C(C)c2cc(C)cc(F)c2N)c(C)c1. The second-order valence-corrected chi connectivity index (χ2v) is 5.78. The monoisotopic (exact) mass is 271 g/mol. The van der Waals surface area contributed by atoms with Gasteiger partial charge in [-0.25, -0.2) is 4.39 Å². The van der Waals surface area contributed by atoms with Crippen LogP contribution in [0.5, 0.6) is 0 Å². The molecule has 20 heavy (non-hydrogen) atoms. The van der Waals surface area contributed by atoms with Crippen molar-refractivity contribution >= 4 is 5.69 Å². The summed E-state index contributed by atoms with van der Waals surface area (Å²) in [7, 11) is 0. The summed E-state index contributed by atoms with van der Waals surface area (Å²) >= 11 is 0. The highest BCUT2D eigenvalue weighted by molar-refractivity contribution is 5.56. The molecule has 0 aliphatic carbocycles. The summed E-state index contributed by atoms with van der Waals surface area (Å²) in [5, 5.41) is 0. The van der Waals surface area contributed by atoms with Crippen molar-refractivity contribution in [2.75, 3.05) is 5.73 Å². The van der Waals surface area contributed by atoms with Gasteiger partial charge in [0.2, 0.25) is 0 Å². The Hall–Kier alpha value is -1.83. The predicted octanol–water partition coefficient (Wildman–Crippen LogP) is 4.79. The quantitative estimate of drug-likeness (QED) is 0.781. The smallest absolute Gasteiger partial charge is 0.146 e. The van der Waals surface area contributed by atoms with Gasteiger partial charge in [0.05, 0.1) is 5.69 Å². The molecule has 0 saturated heterocycles. The highest BCUT2D eigenvalue weighted by Crippen LogP contribution is 2.34. The van der Waals surface area contributed by atoms with E-state index in [1.807, 2.05) is 13.0 Å². The van der Waals surface area contributed by atoms with E-state index in [1.165, 1.54) is 28.3 Å². The Balaban J connectivity index is 2.60. The van der Waals surface area contributed by atoms with Gasteiger partial charge in [-0.3, -0.25) is 0 Å². The molecule has 0 aliphatic rings. The zero-order valence-electron chi connectivity index (χ0n) is 12.8. The van der Waals surface area contributed by atoms with Gasteiger partial charge in [-0.15, -0.1) is 0 Å². The number of hydrogen-bond acceptors (Lipinski definition) is 1. The fourth-order valence-electron chi connectivity index (χ4n) is 3.17. The van der Waals surface area contributed by atoms with Crippen molar-refractivity contribution in [3.8, 4) is 0 Å². The predicted molar refractivity (Wildman–Crippen MR) is 83.7 cm³/mol. The highest BCUT2D eigenvalue weighted by atomic mass is 19.1. The average Bonchev–Trinajstić information content (AvgIpc) is 2.32. The molecule has 1 unspecified atom stereocenters. The summed E-state index contributed by atoms with van der Waals surface area (Å²) in [4.78, 5) is 0. The Bertz CT molecular complexity index is 636. The van der Waals surface area contributed by atoms with E-state index in [4.69, 9.17) is 5.73 Å². The number of halogens is 1. The summed E-state index contributed by atoms with van der Waals surface area (Å²) in [6.45, 7) is 10.3. The zero-order valence-corrected chi connectivity index (χ0v) is 12.8. The molecule has 2 rings (SSSR count). The lowest BCUT2D eigenvalue weighted by atomic mass is 9.85. The third-order valence-electron chi connectivity index (χ3n) is 3.94. The Morgan fingerprint density at radius 2 is 1.40 bits per heavy atom. The van der Waals surface area contributed by atoms with Crippen molar-refractivity contribution in [3.63, 3.8) is 0 Å². The maximum Gasteiger partial charge on any atom is 0.146 e. The van der Waals surface area contributed by atoms with Crippen LogP contribution < -0.4 is 5.73 Å². The van der Waals surface area contributed by atoms with E-state index in [0.717, 1.165) is 11.1 Å². The van der Waals surface area contributed by atoms with Crippen molar-refractivity contribution in [1.29, 1.82) is 0 Å². The lowest BCUT2D eigenvalue weighted by Crippen LogP contribution is -2.07. The molecule has 1 atom stereocenters. The molecule has 2 N–H and O–H groups in total. The minimum atomic E-state index is -0.325. The molecule has 106 valence electrons. The molecule has 0 amide bonds. The number of anilines is 1. The van der Waals surface area contributed by atoms with Crippen LogP contribution >= 0.6 is 0 Å². The molecular weight excluding hydrogens is 249 g/mol. The van der Waals surface area contributed by atoms with Crippen LogP contribution in [0.2, 0.25) is 0 Å². The van der Waals surface area contributed by atoms with E-state index in [0.29, 0.717) is 0 Å². The number of nitrogens with two attached hydrogens (primary N) is 1. The molecule has 0 aliphatic heterocycles. The molecule has 0 radical (unpaired) electrons. The van der Waals surface area contributed by atoms with Gasteiger partial charge in [0, 0.05) is 5.92 Å². The minimum Gasteiger partial charge on any atom is -0.396 e. The number of hydrogen-bond donors (Lipinski definition) is 1. The molecule has 0 aromatic heterocycles. The van der Waals surface area contributed by atoms with Gasteiger partial charge < -0.3 is 5.73 Å². The standard InChI is InChI=1S/C18H22FN/c1-10-6-12(3)17(13(4)7-10)14(5)15-8-11(2)9-16(19)18(15)20/h6-9,14H,20H2,1-5H3. The number of benzene rings is 2. The molecule has 0 heterocycles. The molecule has 0 saturated carbocycles. The average molecular weight is 271 g/mol. The summed E-state index contributed by atoms with van der Waals surface area (Å²) in [6.07, 6.45) is 0. The fourth-order valence-corrected chi connectivity index (χ4v) is 3.17. The molecule has 0 bridgehead atoms. The highest BCUT2D eigenvalue weighted by Gasteiger charge is 2.18. The third kappa shape index (κ3) is 2.55. The van der Waals surface area contributed by atoms with Crippen molar-refractivity contribution in [3.05, 3.63) is 63.5 Å². The first-order valence-corrected chi connectivity index (χ1v) is 6.94. The molecule has 1 nitrogen and oxygen atoms in total. The first kappa shape index (κ1) is 14.6. The van der Waals surface area contributed by atoms with Crippen LogP contribution in [0, 0.1) is 33.5 Å². The van der Waals surface area contributed by atoms with Crippen LogP contribution in [0.1, 0.15) is 46.2 Å². The van der Waals surface area contributed by atoms with Gasteiger partial charge in [0.25, 0.3) is 0 Å². The van der Waals surface area contributed by atoms with Crippen molar-refractivity contribution in [2.45, 2.75) is 40.5 Å². The van der Waals surface area contributed by atoms with E-state index >= 15 is 0 Å². The van der Waals surface area contributed by atoms with E-state index in [1.54, 1.807) is 0 Å². The van der Waals surface area contributed by atoms with Gasteiger partial charge in [-0.2, -0.15) is 0 Å². The first-order valence-electron chi connectivity index (χ1n) is 6.94. The van der Waals surface area contributed by atoms with E-state index in [2.05, 4.69) is 39.8 Å². The summed E-state index contributed by atoms with van der Waals surface area (Å²) in [5.74, 6) is -0.237. The Morgan fingerprint density at radius 1 is 0.900 bits per heavy atom. The topological polar surface area (TPSA) is 26.0 Å². The van der Waals surface area contributed by atoms with E-state index in [9.17, 15) is 4.39 Å². The molecule has 2 aromatic carbocycles. The molecule has 2 heteroatoms. The van der Waals surface area contributed by atoms with Gasteiger partial charge >= 0.3 is 0 Å². The molecule has 2 aromatic rings. The summed E-state index contributed by atoms with van der Waals surface area (Å²) < 4.78 is 13.9. The fraction of sp³-hybridized carbons (Fsp3) is 0.333. The Kier molecular flexibility index (Phi) is 3.85. The first-order chi connectivity index (χ1) is 9.31. The van der Waals surface area contributed by atoms with Crippen LogP contribution in [0.15, 0.2) is 24.3 Å². The Morgan fingerprint density at radius 3 is 1.95 bits per heavy atom. The van der Waals surface area contributed by atoms with Gasteiger partial charge in [0.15, 0.2) is 0 Å². The molecule has 0 fully saturated rings. The van der Waals surface area contributed by atoms with Crippen LogP contribution in [-0.4, -0.2) is 0 Å². The largest absolute Gasteiger partial charge is 0.396 e. The van der Waals surface area contributed by atoms with Gasteiger partial charge in [-0.05, 0) is 61.6 Å². The summed E-state index contributed by atoms with van der Waals surface area (Å²) in [5.41, 5.74) is 12.9. The van der Waals surface area contributed by atoms with Crippen LogP contribution in [0.25, 0.3) is 0 Å². The van der Waals surface area contributed by atoms with Crippen LogP contribution in [0.4, 0.5) is 10.1 Å². The number of nitrogen functional groups attached to an aromatic ring is 1. The second kappa shape index (κ2) is 5.28. The van der Waals surface area contributed by atoms with Crippen LogP contribution in [-0.2, 0) is 0 Å². The van der Waals surface area contributed by atoms with Crippen LogP contribution in [0.3, 0.4) is 0 Å². The van der Waals surface area contributed by atoms with E-state index < -0.39 is 0 Å². The zero-order chi connectivity index (χ0) is 15.0. The number of aryl methyl sites for hydroxylation is 4. The third-order valence-corrected chi connectivity index (χ3v) is 3.94. The van der Waals surface area contributed by atoms with Crippen molar-refractivity contribution in [1.82, 2.24) is 0 Å². The molecule has 0 spiro atoms. The van der Waals surface area contributed by atoms with Gasteiger partial charge in [-0.1, -0.05) is 30.7 Å². The lowest BCUT2D eigenvalue weighted by Gasteiger charge is -2.21. The van der Waals surface area contributed by atoms with E-state index in [-0.39, 0.29) is 17.4 Å². The van der Waals surface area contributed by atoms with Crippen molar-refractivity contribution in [2.24, 2.45) is 0 Å². The normalized spacial score (nSPS) is 12.5. The summed E-state index contributed by atoms with van der Waals surface area (Å²) in [6, 6.07) is 7.81. The second-order valence-electron chi connectivity index (χ2n) is 5.78. The molecular formula is C18H22FN. The lowest BCUT2D eigenvalue weighted by molar-refractivity contribution is 0.628.